The number of carbonyl (C=O) groups is 2. The van der Waals surface area contributed by atoms with E-state index >= 15 is 0 Å². The van der Waals surface area contributed by atoms with Gasteiger partial charge in [-0.3, -0.25) is 9.59 Å². The Bertz CT molecular complexity index is 1150. The minimum atomic E-state index is -0.722. The number of rotatable bonds is 8. The van der Waals surface area contributed by atoms with Crippen molar-refractivity contribution in [1.29, 1.82) is 0 Å². The van der Waals surface area contributed by atoms with E-state index in [1.807, 2.05) is 83.1 Å². The first-order valence-electron chi connectivity index (χ1n) is 12.0. The van der Waals surface area contributed by atoms with Gasteiger partial charge in [0.15, 0.2) is 0 Å². The Morgan fingerprint density at radius 1 is 0.857 bits per heavy atom. The fraction of sp³-hybridized carbons (Fsp3) is 0.333. The molecule has 0 radical (unpaired) electrons. The van der Waals surface area contributed by atoms with Crippen LogP contribution in [0, 0.1) is 19.7 Å². The molecule has 1 unspecified atom stereocenters. The normalized spacial score (nSPS) is 12.2. The molecule has 1 atom stereocenters. The summed E-state index contributed by atoms with van der Waals surface area (Å²) in [5.74, 6) is -0.701. The fourth-order valence-electron chi connectivity index (χ4n) is 3.98. The molecular weight excluding hydrogens is 439 g/mol. The van der Waals surface area contributed by atoms with E-state index in [-0.39, 0.29) is 30.6 Å². The predicted octanol–water partition coefficient (Wildman–Crippen LogP) is 5.54. The maximum Gasteiger partial charge on any atom is 0.243 e. The summed E-state index contributed by atoms with van der Waals surface area (Å²) in [4.78, 5) is 28.9. The van der Waals surface area contributed by atoms with Crippen molar-refractivity contribution in [3.8, 4) is 0 Å². The summed E-state index contributed by atoms with van der Waals surface area (Å²) in [6, 6.07) is 21.0. The van der Waals surface area contributed by atoms with E-state index in [1.54, 1.807) is 17.0 Å². The van der Waals surface area contributed by atoms with Gasteiger partial charge in [-0.25, -0.2) is 4.39 Å². The molecule has 0 fully saturated rings. The van der Waals surface area contributed by atoms with Crippen LogP contribution in [0.3, 0.4) is 0 Å². The molecule has 1 N–H and O–H groups in total. The number of nitrogens with zero attached hydrogens (tertiary/aromatic N) is 1. The first-order valence-corrected chi connectivity index (χ1v) is 12.0. The van der Waals surface area contributed by atoms with Crippen LogP contribution in [0.5, 0.6) is 0 Å². The summed E-state index contributed by atoms with van der Waals surface area (Å²) < 4.78 is 13.6. The van der Waals surface area contributed by atoms with Gasteiger partial charge in [-0.1, -0.05) is 60.7 Å². The van der Waals surface area contributed by atoms with Gasteiger partial charge >= 0.3 is 0 Å². The van der Waals surface area contributed by atoms with E-state index in [2.05, 4.69) is 5.32 Å². The highest BCUT2D eigenvalue weighted by Crippen LogP contribution is 2.19. The Hall–Kier alpha value is -3.47. The van der Waals surface area contributed by atoms with Gasteiger partial charge in [0.1, 0.15) is 11.9 Å². The number of aryl methyl sites for hydroxylation is 2. The molecule has 4 nitrogen and oxygen atoms in total. The van der Waals surface area contributed by atoms with Crippen LogP contribution in [0.4, 0.5) is 4.39 Å². The highest BCUT2D eigenvalue weighted by Gasteiger charge is 2.32. The van der Waals surface area contributed by atoms with Gasteiger partial charge < -0.3 is 10.2 Å². The highest BCUT2D eigenvalue weighted by molar-refractivity contribution is 5.89. The Morgan fingerprint density at radius 3 is 2.09 bits per heavy atom. The van der Waals surface area contributed by atoms with E-state index in [9.17, 15) is 14.0 Å². The lowest BCUT2D eigenvalue weighted by Gasteiger charge is -2.34. The summed E-state index contributed by atoms with van der Waals surface area (Å²) in [6.07, 6.45) is 0.555. The van der Waals surface area contributed by atoms with Gasteiger partial charge in [0.05, 0.1) is 6.42 Å². The van der Waals surface area contributed by atoms with Crippen molar-refractivity contribution in [2.45, 2.75) is 65.6 Å². The molecule has 0 aliphatic carbocycles. The third-order valence-electron chi connectivity index (χ3n) is 5.96. The molecule has 5 heteroatoms. The molecule has 3 rings (SSSR count). The molecule has 35 heavy (non-hydrogen) atoms. The highest BCUT2D eigenvalue weighted by atomic mass is 19.1. The van der Waals surface area contributed by atoms with Crippen molar-refractivity contribution in [1.82, 2.24) is 10.2 Å². The smallest absolute Gasteiger partial charge is 0.243 e. The first-order chi connectivity index (χ1) is 16.5. The van der Waals surface area contributed by atoms with Crippen LogP contribution in [-0.4, -0.2) is 28.3 Å². The van der Waals surface area contributed by atoms with Crippen molar-refractivity contribution >= 4 is 11.8 Å². The zero-order valence-corrected chi connectivity index (χ0v) is 21.3. The van der Waals surface area contributed by atoms with Gasteiger partial charge in [0, 0.05) is 18.5 Å². The lowest BCUT2D eigenvalue weighted by atomic mass is 9.99. The predicted molar refractivity (Wildman–Crippen MR) is 138 cm³/mol. The maximum absolute atomic E-state index is 13.8. The molecule has 3 aromatic rings. The number of nitrogens with one attached hydrogen (secondary N) is 1. The summed E-state index contributed by atoms with van der Waals surface area (Å²) in [6.45, 7) is 10.0. The topological polar surface area (TPSA) is 49.4 Å². The average Bonchev–Trinajstić information content (AvgIpc) is 2.79. The van der Waals surface area contributed by atoms with E-state index in [4.69, 9.17) is 0 Å². The lowest BCUT2D eigenvalue weighted by molar-refractivity contribution is -0.141. The third kappa shape index (κ3) is 7.78. The minimum Gasteiger partial charge on any atom is -0.350 e. The van der Waals surface area contributed by atoms with Crippen LogP contribution >= 0.6 is 0 Å². The monoisotopic (exact) mass is 474 g/mol. The van der Waals surface area contributed by atoms with Crippen molar-refractivity contribution in [2.24, 2.45) is 0 Å². The van der Waals surface area contributed by atoms with E-state index in [0.717, 1.165) is 27.8 Å². The van der Waals surface area contributed by atoms with Gasteiger partial charge in [-0.05, 0) is 74.6 Å². The summed E-state index contributed by atoms with van der Waals surface area (Å²) in [7, 11) is 0. The zero-order chi connectivity index (χ0) is 25.6. The molecular formula is C30H35FN2O2. The quantitative estimate of drug-likeness (QED) is 0.466. The molecule has 0 bridgehead atoms. The molecule has 2 amide bonds. The molecule has 0 aromatic heterocycles. The second-order valence-electron chi connectivity index (χ2n) is 10.2. The van der Waals surface area contributed by atoms with E-state index in [1.165, 1.54) is 12.1 Å². The van der Waals surface area contributed by atoms with Gasteiger partial charge in [-0.15, -0.1) is 0 Å². The SMILES string of the molecule is Cc1ccc(CC(=O)N(Cc2ccc(F)cc2)C(Cc2ccccc2)C(=O)NC(C)(C)C)cc1C. The molecule has 184 valence electrons. The number of hydrogen-bond acceptors (Lipinski definition) is 2. The van der Waals surface area contributed by atoms with Crippen molar-refractivity contribution < 1.29 is 14.0 Å². The second kappa shape index (κ2) is 11.3. The Balaban J connectivity index is 1.99. The van der Waals surface area contributed by atoms with Crippen LogP contribution < -0.4 is 5.32 Å². The van der Waals surface area contributed by atoms with Crippen molar-refractivity contribution in [3.63, 3.8) is 0 Å². The van der Waals surface area contributed by atoms with Gasteiger partial charge in [0.2, 0.25) is 11.8 Å². The molecule has 0 spiro atoms. The zero-order valence-electron chi connectivity index (χ0n) is 21.3. The summed E-state index contributed by atoms with van der Waals surface area (Å²) in [5, 5.41) is 3.06. The Morgan fingerprint density at radius 2 is 1.49 bits per heavy atom. The molecule has 3 aromatic carbocycles. The number of amides is 2. The van der Waals surface area contributed by atoms with Crippen LogP contribution in [0.15, 0.2) is 72.8 Å². The maximum atomic E-state index is 13.8. The number of benzene rings is 3. The van der Waals surface area contributed by atoms with Crippen LogP contribution in [0.1, 0.15) is 48.6 Å². The molecule has 0 saturated carbocycles. The van der Waals surface area contributed by atoms with E-state index < -0.39 is 11.6 Å². The lowest BCUT2D eigenvalue weighted by Crippen LogP contribution is -2.54. The minimum absolute atomic E-state index is 0.150. The summed E-state index contributed by atoms with van der Waals surface area (Å²) >= 11 is 0. The third-order valence-corrected chi connectivity index (χ3v) is 5.96. The Kier molecular flexibility index (Phi) is 8.44. The number of hydrogen-bond donors (Lipinski definition) is 1. The fourth-order valence-corrected chi connectivity index (χ4v) is 3.98. The van der Waals surface area contributed by atoms with Crippen LogP contribution in [0.2, 0.25) is 0 Å². The van der Waals surface area contributed by atoms with Crippen LogP contribution in [0.25, 0.3) is 0 Å². The number of carbonyl (C=O) groups excluding carboxylic acids is 2. The number of halogens is 1. The molecule has 0 aliphatic rings. The van der Waals surface area contributed by atoms with Crippen molar-refractivity contribution in [2.75, 3.05) is 0 Å². The second-order valence-corrected chi connectivity index (χ2v) is 10.2. The molecule has 0 saturated heterocycles. The standard InChI is InChI=1S/C30H35FN2O2/c1-21-11-12-25(17-22(21)2)19-28(34)33(20-24-13-15-26(31)16-14-24)27(29(35)32-30(3,4)5)18-23-9-7-6-8-10-23/h6-17,27H,18-20H2,1-5H3,(H,32,35). The largest absolute Gasteiger partial charge is 0.350 e. The average molecular weight is 475 g/mol. The van der Waals surface area contributed by atoms with Crippen molar-refractivity contribution in [3.05, 3.63) is 106 Å². The van der Waals surface area contributed by atoms with Crippen LogP contribution in [-0.2, 0) is 29.0 Å². The van der Waals surface area contributed by atoms with E-state index in [0.29, 0.717) is 6.42 Å². The summed E-state index contributed by atoms with van der Waals surface area (Å²) in [5.41, 5.74) is 4.45. The molecule has 0 aliphatic heterocycles. The van der Waals surface area contributed by atoms with Gasteiger partial charge in [0.25, 0.3) is 0 Å². The van der Waals surface area contributed by atoms with Gasteiger partial charge in [-0.2, -0.15) is 0 Å². The first kappa shape index (κ1) is 26.1. The Labute approximate surface area is 208 Å². The molecule has 0 heterocycles.